The highest BCUT2D eigenvalue weighted by Gasteiger charge is 2.25. The zero-order chi connectivity index (χ0) is 10.3. The lowest BCUT2D eigenvalue weighted by Crippen LogP contribution is -2.42. The normalized spacial score (nSPS) is 17.1. The predicted octanol–water partition coefficient (Wildman–Crippen LogP) is 0.805. The number of methoxy groups -OCH3 is 2. The van der Waals surface area contributed by atoms with Crippen molar-refractivity contribution < 1.29 is 9.47 Å². The quantitative estimate of drug-likeness (QED) is 0.381. The van der Waals surface area contributed by atoms with E-state index in [4.69, 9.17) is 15.2 Å². The summed E-state index contributed by atoms with van der Waals surface area (Å²) in [5, 5.41) is 0. The Kier molecular flexibility index (Phi) is 5.66. The second-order valence-corrected chi connectivity index (χ2v) is 3.05. The first-order valence-electron chi connectivity index (χ1n) is 4.45. The lowest BCUT2D eigenvalue weighted by Gasteiger charge is -2.25. The molecule has 0 amide bonds. The first-order chi connectivity index (χ1) is 6.10. The zero-order valence-electron chi connectivity index (χ0n) is 8.96. The fourth-order valence-electron chi connectivity index (χ4n) is 0.855. The largest absolute Gasteiger partial charge is 0.385 e. The Morgan fingerprint density at radius 2 is 2.08 bits per heavy atom. The molecule has 0 saturated carbocycles. The summed E-state index contributed by atoms with van der Waals surface area (Å²) >= 11 is 0. The molecule has 4 heteroatoms. The molecule has 0 radical (unpaired) electrons. The van der Waals surface area contributed by atoms with Gasteiger partial charge >= 0.3 is 0 Å². The third kappa shape index (κ3) is 3.74. The van der Waals surface area contributed by atoms with Gasteiger partial charge in [0, 0.05) is 14.2 Å². The molecule has 13 heavy (non-hydrogen) atoms. The summed E-state index contributed by atoms with van der Waals surface area (Å²) in [7, 11) is 3.28. The Labute approximate surface area is 80.1 Å². The van der Waals surface area contributed by atoms with Gasteiger partial charge in [-0.3, -0.25) is 4.99 Å². The number of aliphatic imine (C=N–C) groups is 1. The van der Waals surface area contributed by atoms with Crippen LogP contribution in [0.4, 0.5) is 0 Å². The topological polar surface area (TPSA) is 56.8 Å². The van der Waals surface area contributed by atoms with Crippen molar-refractivity contribution in [2.24, 2.45) is 10.7 Å². The number of hydrogen-bond donors (Lipinski definition) is 1. The monoisotopic (exact) mass is 188 g/mol. The molecule has 0 aliphatic rings. The fraction of sp³-hybridized carbons (Fsp3) is 0.889. The smallest absolute Gasteiger partial charge is 0.126 e. The summed E-state index contributed by atoms with van der Waals surface area (Å²) in [6, 6.07) is 0. The molecular formula is C9H20N2O2. The minimum Gasteiger partial charge on any atom is -0.385 e. The maximum absolute atomic E-state index is 5.78. The Morgan fingerprint density at radius 1 is 1.46 bits per heavy atom. The molecule has 0 saturated heterocycles. The summed E-state index contributed by atoms with van der Waals surface area (Å²) in [5.74, 6) is 0.537. The van der Waals surface area contributed by atoms with Crippen LogP contribution in [0.25, 0.3) is 0 Å². The Bertz CT molecular complexity index is 165. The van der Waals surface area contributed by atoms with Crippen molar-refractivity contribution in [2.45, 2.75) is 25.9 Å². The van der Waals surface area contributed by atoms with E-state index in [1.165, 1.54) is 0 Å². The van der Waals surface area contributed by atoms with Crippen LogP contribution >= 0.6 is 0 Å². The van der Waals surface area contributed by atoms with Crippen molar-refractivity contribution in [1.82, 2.24) is 0 Å². The second-order valence-electron chi connectivity index (χ2n) is 3.05. The van der Waals surface area contributed by atoms with Gasteiger partial charge in [0.15, 0.2) is 0 Å². The number of ether oxygens (including phenoxy) is 2. The van der Waals surface area contributed by atoms with Gasteiger partial charge < -0.3 is 15.2 Å². The van der Waals surface area contributed by atoms with Crippen LogP contribution in [0.3, 0.4) is 0 Å². The van der Waals surface area contributed by atoms with Gasteiger partial charge in [0.25, 0.3) is 0 Å². The lowest BCUT2D eigenvalue weighted by atomic mass is 10.0. The number of hydrogen-bond acceptors (Lipinski definition) is 3. The molecule has 0 aliphatic heterocycles. The van der Waals surface area contributed by atoms with Crippen LogP contribution in [0.2, 0.25) is 0 Å². The molecule has 4 nitrogen and oxygen atoms in total. The molecule has 0 aromatic carbocycles. The van der Waals surface area contributed by atoms with Crippen LogP contribution in [0.5, 0.6) is 0 Å². The molecule has 0 aromatic heterocycles. The van der Waals surface area contributed by atoms with Gasteiger partial charge in [-0.25, -0.2) is 0 Å². The first kappa shape index (κ1) is 12.4. The molecule has 0 heterocycles. The zero-order valence-corrected chi connectivity index (χ0v) is 8.96. The predicted molar refractivity (Wildman–Crippen MR) is 54.1 cm³/mol. The third-order valence-electron chi connectivity index (χ3n) is 2.24. The maximum Gasteiger partial charge on any atom is 0.126 e. The van der Waals surface area contributed by atoms with Gasteiger partial charge in [0.2, 0.25) is 0 Å². The number of amidine groups is 1. The molecule has 1 unspecified atom stereocenters. The van der Waals surface area contributed by atoms with Crippen molar-refractivity contribution >= 4 is 5.84 Å². The SMILES string of the molecule is CCC(C)(OC)C(N)=NCCOC. The summed E-state index contributed by atoms with van der Waals surface area (Å²) < 4.78 is 10.2. The average molecular weight is 188 g/mol. The summed E-state index contributed by atoms with van der Waals surface area (Å²) in [6.07, 6.45) is 0.811. The van der Waals surface area contributed by atoms with Crippen LogP contribution in [0.1, 0.15) is 20.3 Å². The molecule has 0 aliphatic carbocycles. The Hall–Kier alpha value is -0.610. The van der Waals surface area contributed by atoms with Crippen molar-refractivity contribution in [3.05, 3.63) is 0 Å². The number of nitrogens with two attached hydrogens (primary N) is 1. The van der Waals surface area contributed by atoms with Gasteiger partial charge in [-0.05, 0) is 13.3 Å². The van der Waals surface area contributed by atoms with Crippen molar-refractivity contribution in [1.29, 1.82) is 0 Å². The van der Waals surface area contributed by atoms with Crippen LogP contribution in [-0.4, -0.2) is 38.8 Å². The summed E-state index contributed by atoms with van der Waals surface area (Å²) in [4.78, 5) is 4.17. The van der Waals surface area contributed by atoms with Crippen LogP contribution in [0.15, 0.2) is 4.99 Å². The van der Waals surface area contributed by atoms with E-state index in [0.29, 0.717) is 19.0 Å². The highest BCUT2D eigenvalue weighted by Crippen LogP contribution is 2.13. The van der Waals surface area contributed by atoms with Gasteiger partial charge in [0.05, 0.1) is 13.2 Å². The Morgan fingerprint density at radius 3 is 2.46 bits per heavy atom. The van der Waals surface area contributed by atoms with E-state index in [1.54, 1.807) is 14.2 Å². The van der Waals surface area contributed by atoms with Gasteiger partial charge in [-0.1, -0.05) is 6.92 Å². The summed E-state index contributed by atoms with van der Waals surface area (Å²) in [6.45, 7) is 5.12. The highest BCUT2D eigenvalue weighted by atomic mass is 16.5. The van der Waals surface area contributed by atoms with Crippen LogP contribution in [-0.2, 0) is 9.47 Å². The van der Waals surface area contributed by atoms with Crippen molar-refractivity contribution in [2.75, 3.05) is 27.4 Å². The fourth-order valence-corrected chi connectivity index (χ4v) is 0.855. The molecule has 78 valence electrons. The maximum atomic E-state index is 5.78. The standard InChI is InChI=1S/C9H20N2O2/c1-5-9(2,13-4)8(10)11-6-7-12-3/h5-7H2,1-4H3,(H2,10,11). The van der Waals surface area contributed by atoms with E-state index in [0.717, 1.165) is 6.42 Å². The number of nitrogens with zero attached hydrogens (tertiary/aromatic N) is 1. The first-order valence-corrected chi connectivity index (χ1v) is 4.45. The molecule has 2 N–H and O–H groups in total. The lowest BCUT2D eigenvalue weighted by molar-refractivity contribution is 0.0616. The number of rotatable bonds is 6. The van der Waals surface area contributed by atoms with E-state index >= 15 is 0 Å². The molecule has 0 fully saturated rings. The van der Waals surface area contributed by atoms with E-state index in [9.17, 15) is 0 Å². The van der Waals surface area contributed by atoms with Gasteiger partial charge in [-0.2, -0.15) is 0 Å². The van der Waals surface area contributed by atoms with Crippen LogP contribution < -0.4 is 5.73 Å². The van der Waals surface area contributed by atoms with E-state index in [2.05, 4.69) is 4.99 Å². The molecule has 1 atom stereocenters. The van der Waals surface area contributed by atoms with Gasteiger partial charge in [-0.15, -0.1) is 0 Å². The van der Waals surface area contributed by atoms with E-state index in [1.807, 2.05) is 13.8 Å². The minimum absolute atomic E-state index is 0.437. The molecule has 0 rings (SSSR count). The second kappa shape index (κ2) is 5.94. The van der Waals surface area contributed by atoms with Crippen molar-refractivity contribution in [3.63, 3.8) is 0 Å². The molecule has 0 aromatic rings. The highest BCUT2D eigenvalue weighted by molar-refractivity contribution is 5.88. The average Bonchev–Trinajstić information content (AvgIpc) is 2.17. The van der Waals surface area contributed by atoms with E-state index in [-0.39, 0.29) is 0 Å². The Balaban J connectivity index is 4.19. The van der Waals surface area contributed by atoms with Crippen LogP contribution in [0, 0.1) is 0 Å². The summed E-state index contributed by atoms with van der Waals surface area (Å²) in [5.41, 5.74) is 5.35. The molecule has 0 bridgehead atoms. The van der Waals surface area contributed by atoms with E-state index < -0.39 is 5.60 Å². The van der Waals surface area contributed by atoms with Gasteiger partial charge in [0.1, 0.15) is 11.4 Å². The molecular weight excluding hydrogens is 168 g/mol. The third-order valence-corrected chi connectivity index (χ3v) is 2.24. The van der Waals surface area contributed by atoms with Crippen molar-refractivity contribution in [3.8, 4) is 0 Å². The molecule has 0 spiro atoms. The minimum atomic E-state index is -0.437.